The predicted octanol–water partition coefficient (Wildman–Crippen LogP) is 3.98. The molecule has 0 radical (unpaired) electrons. The van der Waals surface area contributed by atoms with Gasteiger partial charge in [-0.2, -0.15) is 0 Å². The normalized spacial score (nSPS) is 10.5. The number of carbonyl (C=O) groups is 2. The van der Waals surface area contributed by atoms with Crippen molar-refractivity contribution in [2.45, 2.75) is 26.8 Å². The van der Waals surface area contributed by atoms with Crippen LogP contribution in [0, 0.1) is 5.92 Å². The van der Waals surface area contributed by atoms with Gasteiger partial charge in [-0.25, -0.2) is 4.79 Å². The SMILES string of the molecule is CC(C)CC(=O)Nc1ccc(NCc2cccc(C(=O)O)c2)cc1. The lowest BCUT2D eigenvalue weighted by Crippen LogP contribution is -2.13. The number of hydrogen-bond acceptors (Lipinski definition) is 3. The van der Waals surface area contributed by atoms with Gasteiger partial charge in [0, 0.05) is 24.3 Å². The third-order valence-corrected chi connectivity index (χ3v) is 3.43. The summed E-state index contributed by atoms with van der Waals surface area (Å²) >= 11 is 0. The highest BCUT2D eigenvalue weighted by Gasteiger charge is 2.05. The Hall–Kier alpha value is -2.82. The first-order valence-corrected chi connectivity index (χ1v) is 7.90. The van der Waals surface area contributed by atoms with Gasteiger partial charge in [0.15, 0.2) is 0 Å². The van der Waals surface area contributed by atoms with Gasteiger partial charge in [0.25, 0.3) is 0 Å². The van der Waals surface area contributed by atoms with E-state index >= 15 is 0 Å². The van der Waals surface area contributed by atoms with Gasteiger partial charge in [0.1, 0.15) is 0 Å². The molecule has 5 nitrogen and oxygen atoms in total. The molecule has 5 heteroatoms. The Balaban J connectivity index is 1.91. The van der Waals surface area contributed by atoms with E-state index in [1.54, 1.807) is 18.2 Å². The number of anilines is 2. The van der Waals surface area contributed by atoms with Crippen molar-refractivity contribution in [3.05, 3.63) is 59.7 Å². The van der Waals surface area contributed by atoms with Crippen molar-refractivity contribution in [2.75, 3.05) is 10.6 Å². The molecule has 2 aromatic carbocycles. The van der Waals surface area contributed by atoms with Gasteiger partial charge < -0.3 is 15.7 Å². The van der Waals surface area contributed by atoms with Crippen LogP contribution in [0.3, 0.4) is 0 Å². The summed E-state index contributed by atoms with van der Waals surface area (Å²) < 4.78 is 0. The Bertz CT molecular complexity index is 709. The number of hydrogen-bond donors (Lipinski definition) is 3. The molecule has 126 valence electrons. The van der Waals surface area contributed by atoms with Crippen LogP contribution in [0.25, 0.3) is 0 Å². The Labute approximate surface area is 141 Å². The molecule has 2 rings (SSSR count). The zero-order chi connectivity index (χ0) is 17.5. The maximum absolute atomic E-state index is 11.7. The predicted molar refractivity (Wildman–Crippen MR) is 95.3 cm³/mol. The second kappa shape index (κ2) is 8.15. The highest BCUT2D eigenvalue weighted by Crippen LogP contribution is 2.16. The largest absolute Gasteiger partial charge is 0.478 e. The molecule has 0 bridgehead atoms. The number of nitrogens with one attached hydrogen (secondary N) is 2. The van der Waals surface area contributed by atoms with Crippen LogP contribution < -0.4 is 10.6 Å². The lowest BCUT2D eigenvalue weighted by Gasteiger charge is -2.10. The summed E-state index contributed by atoms with van der Waals surface area (Å²) in [5.74, 6) is -0.595. The average Bonchev–Trinajstić information content (AvgIpc) is 2.53. The van der Waals surface area contributed by atoms with Crippen molar-refractivity contribution in [3.8, 4) is 0 Å². The lowest BCUT2D eigenvalue weighted by molar-refractivity contribution is -0.116. The highest BCUT2D eigenvalue weighted by atomic mass is 16.4. The van der Waals surface area contributed by atoms with Gasteiger partial charge in [0.2, 0.25) is 5.91 Å². The maximum atomic E-state index is 11.7. The van der Waals surface area contributed by atoms with Crippen molar-refractivity contribution in [1.82, 2.24) is 0 Å². The van der Waals surface area contributed by atoms with E-state index in [4.69, 9.17) is 5.11 Å². The fraction of sp³-hybridized carbons (Fsp3) is 0.263. The minimum atomic E-state index is -0.932. The summed E-state index contributed by atoms with van der Waals surface area (Å²) in [7, 11) is 0. The van der Waals surface area contributed by atoms with Gasteiger partial charge in [-0.3, -0.25) is 4.79 Å². The minimum Gasteiger partial charge on any atom is -0.478 e. The molecule has 0 spiro atoms. The lowest BCUT2D eigenvalue weighted by atomic mass is 10.1. The van der Waals surface area contributed by atoms with E-state index in [9.17, 15) is 9.59 Å². The molecule has 0 saturated carbocycles. The fourth-order valence-electron chi connectivity index (χ4n) is 2.27. The Morgan fingerprint density at radius 3 is 2.33 bits per heavy atom. The van der Waals surface area contributed by atoms with Crippen molar-refractivity contribution in [2.24, 2.45) is 5.92 Å². The Morgan fingerprint density at radius 2 is 1.71 bits per heavy atom. The van der Waals surface area contributed by atoms with Crippen molar-refractivity contribution < 1.29 is 14.7 Å². The number of carbonyl (C=O) groups excluding carboxylic acids is 1. The minimum absolute atomic E-state index is 0.0104. The molecule has 0 unspecified atom stereocenters. The van der Waals surface area contributed by atoms with Gasteiger partial charge >= 0.3 is 5.97 Å². The van der Waals surface area contributed by atoms with Gasteiger partial charge in [0.05, 0.1) is 5.56 Å². The van der Waals surface area contributed by atoms with Gasteiger partial charge in [-0.1, -0.05) is 26.0 Å². The van der Waals surface area contributed by atoms with Crippen molar-refractivity contribution >= 4 is 23.3 Å². The monoisotopic (exact) mass is 326 g/mol. The van der Waals surface area contributed by atoms with Crippen LogP contribution in [0.15, 0.2) is 48.5 Å². The standard InChI is InChI=1S/C19H22N2O3/c1-13(2)10-18(22)21-17-8-6-16(7-9-17)20-12-14-4-3-5-15(11-14)19(23)24/h3-9,11,13,20H,10,12H2,1-2H3,(H,21,22)(H,23,24). The van der Waals surface area contributed by atoms with Crippen LogP contribution in [-0.2, 0) is 11.3 Å². The Morgan fingerprint density at radius 1 is 1.04 bits per heavy atom. The number of rotatable bonds is 7. The molecule has 0 heterocycles. The molecule has 0 saturated heterocycles. The summed E-state index contributed by atoms with van der Waals surface area (Å²) in [5.41, 5.74) is 2.83. The first-order chi connectivity index (χ1) is 11.4. The zero-order valence-corrected chi connectivity index (χ0v) is 13.9. The van der Waals surface area contributed by atoms with Crippen LogP contribution in [0.4, 0.5) is 11.4 Å². The molecule has 0 fully saturated rings. The molecule has 0 aliphatic heterocycles. The molecule has 0 atom stereocenters. The zero-order valence-electron chi connectivity index (χ0n) is 13.9. The second-order valence-corrected chi connectivity index (χ2v) is 6.08. The number of amides is 1. The molecule has 0 aliphatic rings. The van der Waals surface area contributed by atoms with E-state index in [2.05, 4.69) is 10.6 Å². The van der Waals surface area contributed by atoms with Crippen LogP contribution in [0.1, 0.15) is 36.2 Å². The number of carboxylic acid groups (broad SMARTS) is 1. The number of aromatic carboxylic acids is 1. The second-order valence-electron chi connectivity index (χ2n) is 6.08. The summed E-state index contributed by atoms with van der Waals surface area (Å²) in [6, 6.07) is 14.3. The molecular formula is C19H22N2O3. The molecule has 0 aliphatic carbocycles. The summed E-state index contributed by atoms with van der Waals surface area (Å²) in [4.78, 5) is 22.7. The summed E-state index contributed by atoms with van der Waals surface area (Å²) in [6.07, 6.45) is 0.500. The highest BCUT2D eigenvalue weighted by molar-refractivity contribution is 5.91. The molecular weight excluding hydrogens is 304 g/mol. The van der Waals surface area contributed by atoms with Crippen LogP contribution in [0.2, 0.25) is 0 Å². The van der Waals surface area contributed by atoms with E-state index in [0.717, 1.165) is 16.9 Å². The quantitative estimate of drug-likeness (QED) is 0.719. The summed E-state index contributed by atoms with van der Waals surface area (Å²) in [6.45, 7) is 4.54. The smallest absolute Gasteiger partial charge is 0.335 e. The van der Waals surface area contributed by atoms with Crippen LogP contribution in [-0.4, -0.2) is 17.0 Å². The third-order valence-electron chi connectivity index (χ3n) is 3.43. The molecule has 2 aromatic rings. The van der Waals surface area contributed by atoms with E-state index in [1.807, 2.05) is 44.2 Å². The van der Waals surface area contributed by atoms with E-state index in [0.29, 0.717) is 18.9 Å². The number of carboxylic acids is 1. The maximum Gasteiger partial charge on any atom is 0.335 e. The first-order valence-electron chi connectivity index (χ1n) is 7.90. The van der Waals surface area contributed by atoms with Gasteiger partial charge in [-0.05, 0) is 47.9 Å². The fourth-order valence-corrected chi connectivity index (χ4v) is 2.27. The topological polar surface area (TPSA) is 78.4 Å². The number of benzene rings is 2. The molecule has 1 amide bonds. The first kappa shape index (κ1) is 17.5. The van der Waals surface area contributed by atoms with Crippen molar-refractivity contribution in [1.29, 1.82) is 0 Å². The average molecular weight is 326 g/mol. The Kier molecular flexibility index (Phi) is 5.95. The molecule has 0 aromatic heterocycles. The van der Waals surface area contributed by atoms with E-state index in [-0.39, 0.29) is 11.5 Å². The molecule has 24 heavy (non-hydrogen) atoms. The van der Waals surface area contributed by atoms with Crippen LogP contribution in [0.5, 0.6) is 0 Å². The molecule has 3 N–H and O–H groups in total. The van der Waals surface area contributed by atoms with Crippen molar-refractivity contribution in [3.63, 3.8) is 0 Å². The summed E-state index contributed by atoms with van der Waals surface area (Å²) in [5, 5.41) is 15.1. The van der Waals surface area contributed by atoms with Gasteiger partial charge in [-0.15, -0.1) is 0 Å². The van der Waals surface area contributed by atoms with E-state index < -0.39 is 5.97 Å². The van der Waals surface area contributed by atoms with E-state index in [1.165, 1.54) is 0 Å². The van der Waals surface area contributed by atoms with Crippen LogP contribution >= 0.6 is 0 Å². The third kappa shape index (κ3) is 5.43.